The summed E-state index contributed by atoms with van der Waals surface area (Å²) in [4.78, 5) is 24.7. The zero-order chi connectivity index (χ0) is 13.8. The first-order valence-corrected chi connectivity index (χ1v) is 6.93. The molecule has 108 valence electrons. The van der Waals surface area contributed by atoms with Crippen molar-refractivity contribution in [2.45, 2.75) is 38.3 Å². The molecule has 2 unspecified atom stereocenters. The molecule has 1 amide bonds. The minimum atomic E-state index is -0.940. The van der Waals surface area contributed by atoms with Gasteiger partial charge in [0.15, 0.2) is 0 Å². The SMILES string of the molecule is CC1NCCC1C(=O)N1CCC(OCC(=O)O)CC1. The topological polar surface area (TPSA) is 78.9 Å². The van der Waals surface area contributed by atoms with Crippen LogP contribution in [0.1, 0.15) is 26.2 Å². The highest BCUT2D eigenvalue weighted by atomic mass is 16.5. The summed E-state index contributed by atoms with van der Waals surface area (Å²) < 4.78 is 5.27. The largest absolute Gasteiger partial charge is 0.480 e. The van der Waals surface area contributed by atoms with Gasteiger partial charge in [-0.25, -0.2) is 4.79 Å². The Hall–Kier alpha value is -1.14. The molecule has 2 N–H and O–H groups in total. The van der Waals surface area contributed by atoms with E-state index in [2.05, 4.69) is 12.2 Å². The average molecular weight is 270 g/mol. The van der Waals surface area contributed by atoms with Crippen LogP contribution in [0.15, 0.2) is 0 Å². The summed E-state index contributed by atoms with van der Waals surface area (Å²) in [5.41, 5.74) is 0. The Kier molecular flexibility index (Phi) is 4.76. The number of amides is 1. The fourth-order valence-electron chi connectivity index (χ4n) is 2.86. The van der Waals surface area contributed by atoms with Crippen molar-refractivity contribution in [3.05, 3.63) is 0 Å². The molecule has 6 heteroatoms. The van der Waals surface area contributed by atoms with Crippen LogP contribution in [0.3, 0.4) is 0 Å². The van der Waals surface area contributed by atoms with Gasteiger partial charge in [-0.2, -0.15) is 0 Å². The standard InChI is InChI=1S/C13H22N2O4/c1-9-11(2-5-14-9)13(18)15-6-3-10(4-7-15)19-8-12(16)17/h9-11,14H,2-8H2,1H3,(H,16,17). The van der Waals surface area contributed by atoms with Gasteiger partial charge in [0.05, 0.1) is 12.0 Å². The number of nitrogens with one attached hydrogen (secondary N) is 1. The van der Waals surface area contributed by atoms with Crippen molar-refractivity contribution in [1.29, 1.82) is 0 Å². The normalized spacial score (nSPS) is 28.6. The molecule has 0 aromatic heterocycles. The number of rotatable bonds is 4. The molecule has 2 atom stereocenters. The number of likely N-dealkylation sites (tertiary alicyclic amines) is 1. The Bertz CT molecular complexity index is 340. The third-order valence-corrected chi connectivity index (χ3v) is 4.04. The summed E-state index contributed by atoms with van der Waals surface area (Å²) in [6.07, 6.45) is 2.34. The maximum atomic E-state index is 12.3. The van der Waals surface area contributed by atoms with Gasteiger partial charge in [0.25, 0.3) is 0 Å². The molecule has 2 aliphatic rings. The van der Waals surface area contributed by atoms with Crippen molar-refractivity contribution in [3.63, 3.8) is 0 Å². The number of carboxylic acid groups (broad SMARTS) is 1. The molecule has 0 aromatic rings. The first-order chi connectivity index (χ1) is 9.08. The molecule has 0 spiro atoms. The molecule has 0 bridgehead atoms. The van der Waals surface area contributed by atoms with Crippen molar-refractivity contribution in [1.82, 2.24) is 10.2 Å². The number of aliphatic carboxylic acids is 1. The number of piperidine rings is 1. The van der Waals surface area contributed by atoms with Crippen LogP contribution in [0.25, 0.3) is 0 Å². The Morgan fingerprint density at radius 2 is 2.00 bits per heavy atom. The zero-order valence-electron chi connectivity index (χ0n) is 11.3. The van der Waals surface area contributed by atoms with E-state index in [0.717, 1.165) is 25.8 Å². The predicted molar refractivity (Wildman–Crippen MR) is 68.8 cm³/mol. The number of nitrogens with zero attached hydrogens (tertiary/aromatic N) is 1. The Morgan fingerprint density at radius 3 is 2.53 bits per heavy atom. The molecule has 0 aromatic carbocycles. The summed E-state index contributed by atoms with van der Waals surface area (Å²) in [6.45, 7) is 4.06. The second-order valence-electron chi connectivity index (χ2n) is 5.37. The summed E-state index contributed by atoms with van der Waals surface area (Å²) in [5, 5.41) is 11.9. The van der Waals surface area contributed by atoms with Crippen LogP contribution < -0.4 is 5.32 Å². The predicted octanol–water partition coefficient (Wildman–Crippen LogP) is 0.0766. The number of ether oxygens (including phenoxy) is 1. The van der Waals surface area contributed by atoms with E-state index in [0.29, 0.717) is 13.1 Å². The fraction of sp³-hybridized carbons (Fsp3) is 0.846. The molecule has 6 nitrogen and oxygen atoms in total. The third kappa shape index (κ3) is 3.67. The van der Waals surface area contributed by atoms with Gasteiger partial charge >= 0.3 is 5.97 Å². The van der Waals surface area contributed by atoms with E-state index in [-0.39, 0.29) is 30.6 Å². The summed E-state index contributed by atoms with van der Waals surface area (Å²) >= 11 is 0. The molecule has 2 aliphatic heterocycles. The van der Waals surface area contributed by atoms with E-state index in [1.54, 1.807) is 0 Å². The molecule has 2 saturated heterocycles. The molecule has 0 aliphatic carbocycles. The number of hydrogen-bond acceptors (Lipinski definition) is 4. The summed E-state index contributed by atoms with van der Waals surface area (Å²) in [5.74, 6) is -0.616. The second-order valence-corrected chi connectivity index (χ2v) is 5.37. The Balaban J connectivity index is 1.76. The minimum Gasteiger partial charge on any atom is -0.480 e. The molecule has 2 fully saturated rings. The fourth-order valence-corrected chi connectivity index (χ4v) is 2.86. The first-order valence-electron chi connectivity index (χ1n) is 6.93. The van der Waals surface area contributed by atoms with Crippen molar-refractivity contribution in [2.24, 2.45) is 5.92 Å². The second kappa shape index (κ2) is 6.34. The first kappa shape index (κ1) is 14.3. The van der Waals surface area contributed by atoms with Crippen LogP contribution in [0.5, 0.6) is 0 Å². The van der Waals surface area contributed by atoms with Crippen LogP contribution in [-0.4, -0.2) is 60.3 Å². The van der Waals surface area contributed by atoms with E-state index in [9.17, 15) is 9.59 Å². The highest BCUT2D eigenvalue weighted by Gasteiger charge is 2.34. The van der Waals surface area contributed by atoms with Crippen molar-refractivity contribution < 1.29 is 19.4 Å². The molecular formula is C13H22N2O4. The highest BCUT2D eigenvalue weighted by molar-refractivity contribution is 5.80. The number of hydrogen-bond donors (Lipinski definition) is 2. The third-order valence-electron chi connectivity index (χ3n) is 4.04. The van der Waals surface area contributed by atoms with Gasteiger partial charge in [0, 0.05) is 19.1 Å². The monoisotopic (exact) mass is 270 g/mol. The van der Waals surface area contributed by atoms with Crippen LogP contribution >= 0.6 is 0 Å². The summed E-state index contributed by atoms with van der Waals surface area (Å²) in [6, 6.07) is 0.258. The molecule has 2 rings (SSSR count). The Labute approximate surface area is 113 Å². The molecule has 0 radical (unpaired) electrons. The highest BCUT2D eigenvalue weighted by Crippen LogP contribution is 2.21. The lowest BCUT2D eigenvalue weighted by Crippen LogP contribution is -2.45. The lowest BCUT2D eigenvalue weighted by Gasteiger charge is -2.34. The number of carboxylic acids is 1. The van der Waals surface area contributed by atoms with Gasteiger partial charge in [-0.05, 0) is 32.7 Å². The Morgan fingerprint density at radius 1 is 1.32 bits per heavy atom. The van der Waals surface area contributed by atoms with E-state index < -0.39 is 5.97 Å². The maximum Gasteiger partial charge on any atom is 0.329 e. The van der Waals surface area contributed by atoms with Gasteiger partial charge < -0.3 is 20.1 Å². The number of carbonyl (C=O) groups excluding carboxylic acids is 1. The van der Waals surface area contributed by atoms with Crippen molar-refractivity contribution >= 4 is 11.9 Å². The summed E-state index contributed by atoms with van der Waals surface area (Å²) in [7, 11) is 0. The maximum absolute atomic E-state index is 12.3. The van der Waals surface area contributed by atoms with E-state index in [4.69, 9.17) is 9.84 Å². The van der Waals surface area contributed by atoms with Gasteiger partial charge in [0.2, 0.25) is 5.91 Å². The lowest BCUT2D eigenvalue weighted by molar-refractivity contribution is -0.147. The van der Waals surface area contributed by atoms with E-state index >= 15 is 0 Å². The average Bonchev–Trinajstić information content (AvgIpc) is 2.82. The van der Waals surface area contributed by atoms with Crippen LogP contribution in [0.2, 0.25) is 0 Å². The van der Waals surface area contributed by atoms with Gasteiger partial charge in [-0.3, -0.25) is 4.79 Å². The van der Waals surface area contributed by atoms with Gasteiger partial charge in [0.1, 0.15) is 6.61 Å². The number of carbonyl (C=O) groups is 2. The smallest absolute Gasteiger partial charge is 0.329 e. The molecule has 19 heavy (non-hydrogen) atoms. The van der Waals surface area contributed by atoms with Crippen LogP contribution in [0.4, 0.5) is 0 Å². The van der Waals surface area contributed by atoms with Crippen LogP contribution in [-0.2, 0) is 14.3 Å². The minimum absolute atomic E-state index is 0.0284. The molecule has 2 heterocycles. The molecule has 0 saturated carbocycles. The van der Waals surface area contributed by atoms with E-state index in [1.165, 1.54) is 0 Å². The van der Waals surface area contributed by atoms with Gasteiger partial charge in [-0.15, -0.1) is 0 Å². The van der Waals surface area contributed by atoms with Crippen LogP contribution in [0, 0.1) is 5.92 Å². The lowest BCUT2D eigenvalue weighted by atomic mass is 9.98. The molecular weight excluding hydrogens is 248 g/mol. The van der Waals surface area contributed by atoms with Crippen molar-refractivity contribution in [2.75, 3.05) is 26.2 Å². The van der Waals surface area contributed by atoms with Gasteiger partial charge in [-0.1, -0.05) is 0 Å². The zero-order valence-corrected chi connectivity index (χ0v) is 11.3. The quantitative estimate of drug-likeness (QED) is 0.756. The van der Waals surface area contributed by atoms with E-state index in [1.807, 2.05) is 4.90 Å². The van der Waals surface area contributed by atoms with Crippen molar-refractivity contribution in [3.8, 4) is 0 Å².